The van der Waals surface area contributed by atoms with Crippen LogP contribution in [-0.2, 0) is 34.0 Å². The molecular weight excluding hydrogens is 478 g/mol. The average Bonchev–Trinajstić information content (AvgIpc) is 3.37. The van der Waals surface area contributed by atoms with E-state index < -0.39 is 0 Å². The van der Waals surface area contributed by atoms with E-state index in [9.17, 15) is 9.59 Å². The summed E-state index contributed by atoms with van der Waals surface area (Å²) >= 11 is 0. The van der Waals surface area contributed by atoms with Crippen molar-refractivity contribution in [1.29, 1.82) is 0 Å². The number of carbonyl (C=O) groups excluding carboxylic acids is 2. The minimum atomic E-state index is -0.0646. The standard InChI is InChI=1S/C31H41N3O4/c1-4-5-17-30(35)33(19-11-20-37-2)25-31(36)34(22-26-12-7-6-8-13-26)24-28-15-10-18-32(28)23-27-14-9-16-29(21-27)38-3/h6-10,12-16,18,21H,4-5,11,17,19-20,22-25H2,1-3H3. The lowest BCUT2D eigenvalue weighted by atomic mass is 10.2. The number of nitrogens with zero attached hydrogens (tertiary/aromatic N) is 3. The largest absolute Gasteiger partial charge is 0.497 e. The van der Waals surface area contributed by atoms with Gasteiger partial charge in [0.15, 0.2) is 0 Å². The Balaban J connectivity index is 1.79. The molecule has 0 aliphatic carbocycles. The van der Waals surface area contributed by atoms with Gasteiger partial charge in [-0.3, -0.25) is 9.59 Å². The van der Waals surface area contributed by atoms with Crippen molar-refractivity contribution < 1.29 is 19.1 Å². The van der Waals surface area contributed by atoms with Crippen LogP contribution in [0.2, 0.25) is 0 Å². The normalized spacial score (nSPS) is 10.8. The highest BCUT2D eigenvalue weighted by Gasteiger charge is 2.22. The van der Waals surface area contributed by atoms with Crippen molar-refractivity contribution in [3.05, 3.63) is 89.7 Å². The molecule has 2 aromatic carbocycles. The van der Waals surface area contributed by atoms with Gasteiger partial charge in [-0.15, -0.1) is 0 Å². The molecule has 0 saturated heterocycles. The summed E-state index contributed by atoms with van der Waals surface area (Å²) in [5.74, 6) is 0.779. The summed E-state index contributed by atoms with van der Waals surface area (Å²) in [6.45, 7) is 4.78. The van der Waals surface area contributed by atoms with Crippen LogP contribution >= 0.6 is 0 Å². The van der Waals surface area contributed by atoms with Crippen LogP contribution in [0.5, 0.6) is 5.75 Å². The molecule has 1 heterocycles. The molecule has 0 bridgehead atoms. The monoisotopic (exact) mass is 519 g/mol. The molecule has 0 radical (unpaired) electrons. The second kappa shape index (κ2) is 15.6. The molecule has 0 aliphatic rings. The Labute approximate surface area is 227 Å². The highest BCUT2D eigenvalue weighted by Crippen LogP contribution is 2.17. The number of unbranched alkanes of at least 4 members (excludes halogenated alkanes) is 1. The third-order valence-corrected chi connectivity index (χ3v) is 6.53. The minimum absolute atomic E-state index is 0.0253. The fourth-order valence-electron chi connectivity index (χ4n) is 4.39. The number of hydrogen-bond acceptors (Lipinski definition) is 4. The molecule has 3 aromatic rings. The summed E-state index contributed by atoms with van der Waals surface area (Å²) < 4.78 is 12.7. The Kier molecular flexibility index (Phi) is 11.9. The van der Waals surface area contributed by atoms with Crippen LogP contribution in [0.15, 0.2) is 72.9 Å². The van der Waals surface area contributed by atoms with Crippen LogP contribution in [0.4, 0.5) is 0 Å². The van der Waals surface area contributed by atoms with E-state index in [1.54, 1.807) is 19.1 Å². The van der Waals surface area contributed by atoms with Gasteiger partial charge < -0.3 is 23.8 Å². The second-order valence-electron chi connectivity index (χ2n) is 9.48. The first-order valence-electron chi connectivity index (χ1n) is 13.4. The minimum Gasteiger partial charge on any atom is -0.497 e. The van der Waals surface area contributed by atoms with E-state index in [0.29, 0.717) is 45.6 Å². The molecule has 0 unspecified atom stereocenters. The summed E-state index contributed by atoms with van der Waals surface area (Å²) in [7, 11) is 3.31. The SMILES string of the molecule is CCCCC(=O)N(CCCOC)CC(=O)N(Cc1ccccc1)Cc1cccn1Cc1cccc(OC)c1. The van der Waals surface area contributed by atoms with Crippen molar-refractivity contribution in [3.63, 3.8) is 0 Å². The van der Waals surface area contributed by atoms with Crippen molar-refractivity contribution in [3.8, 4) is 5.75 Å². The molecule has 0 atom stereocenters. The summed E-state index contributed by atoms with van der Waals surface area (Å²) in [5, 5.41) is 0. The lowest BCUT2D eigenvalue weighted by Crippen LogP contribution is -2.43. The van der Waals surface area contributed by atoms with Gasteiger partial charge >= 0.3 is 0 Å². The van der Waals surface area contributed by atoms with Crippen molar-refractivity contribution in [1.82, 2.24) is 14.4 Å². The van der Waals surface area contributed by atoms with Crippen LogP contribution in [0.25, 0.3) is 0 Å². The van der Waals surface area contributed by atoms with Crippen molar-refractivity contribution in [2.75, 3.05) is 33.9 Å². The number of ether oxygens (including phenoxy) is 2. The molecule has 1 aromatic heterocycles. The zero-order valence-electron chi connectivity index (χ0n) is 23.0. The molecule has 38 heavy (non-hydrogen) atoms. The van der Waals surface area contributed by atoms with E-state index in [4.69, 9.17) is 9.47 Å². The first-order valence-corrected chi connectivity index (χ1v) is 13.4. The van der Waals surface area contributed by atoms with Gasteiger partial charge in [0.25, 0.3) is 0 Å². The Morgan fingerprint density at radius 3 is 2.37 bits per heavy atom. The number of rotatable bonds is 16. The van der Waals surface area contributed by atoms with Crippen molar-refractivity contribution >= 4 is 11.8 Å². The van der Waals surface area contributed by atoms with Crippen molar-refractivity contribution in [2.24, 2.45) is 0 Å². The van der Waals surface area contributed by atoms with Gasteiger partial charge in [-0.1, -0.05) is 55.8 Å². The number of amides is 2. The summed E-state index contributed by atoms with van der Waals surface area (Å²) in [5.41, 5.74) is 3.20. The summed E-state index contributed by atoms with van der Waals surface area (Å²) in [6.07, 6.45) is 4.95. The number of methoxy groups -OCH3 is 2. The van der Waals surface area contributed by atoms with E-state index in [-0.39, 0.29) is 18.4 Å². The quantitative estimate of drug-likeness (QED) is 0.246. The molecule has 3 rings (SSSR count). The molecule has 2 amide bonds. The maximum atomic E-state index is 13.7. The molecule has 0 aliphatic heterocycles. The Morgan fingerprint density at radius 2 is 1.63 bits per heavy atom. The molecule has 0 fully saturated rings. The maximum absolute atomic E-state index is 13.7. The predicted molar refractivity (Wildman–Crippen MR) is 150 cm³/mol. The predicted octanol–water partition coefficient (Wildman–Crippen LogP) is 5.13. The second-order valence-corrected chi connectivity index (χ2v) is 9.48. The van der Waals surface area contributed by atoms with E-state index in [0.717, 1.165) is 35.4 Å². The first-order chi connectivity index (χ1) is 18.5. The van der Waals surface area contributed by atoms with E-state index in [2.05, 4.69) is 17.6 Å². The fraction of sp³-hybridized carbons (Fsp3) is 0.419. The average molecular weight is 520 g/mol. The molecule has 7 heteroatoms. The van der Waals surface area contributed by atoms with E-state index >= 15 is 0 Å². The number of carbonyl (C=O) groups is 2. The topological polar surface area (TPSA) is 64.0 Å². The molecule has 0 spiro atoms. The first kappa shape index (κ1) is 29.0. The third-order valence-electron chi connectivity index (χ3n) is 6.53. The Hall–Kier alpha value is -3.58. The van der Waals surface area contributed by atoms with Gasteiger partial charge in [0, 0.05) is 51.7 Å². The smallest absolute Gasteiger partial charge is 0.242 e. The zero-order chi connectivity index (χ0) is 27.2. The van der Waals surface area contributed by atoms with Crippen LogP contribution < -0.4 is 4.74 Å². The molecule has 0 N–H and O–H groups in total. The van der Waals surface area contributed by atoms with Gasteiger partial charge in [-0.2, -0.15) is 0 Å². The van der Waals surface area contributed by atoms with E-state index in [1.165, 1.54) is 0 Å². The van der Waals surface area contributed by atoms with Gasteiger partial charge in [0.2, 0.25) is 11.8 Å². The third kappa shape index (κ3) is 9.06. The van der Waals surface area contributed by atoms with Crippen LogP contribution in [0.1, 0.15) is 49.4 Å². The fourth-order valence-corrected chi connectivity index (χ4v) is 4.39. The van der Waals surface area contributed by atoms with Crippen molar-refractivity contribution in [2.45, 2.75) is 52.2 Å². The summed E-state index contributed by atoms with van der Waals surface area (Å²) in [6, 6.07) is 22.0. The molecule has 0 saturated carbocycles. The lowest BCUT2D eigenvalue weighted by molar-refractivity contribution is -0.141. The number of hydrogen-bond donors (Lipinski definition) is 0. The van der Waals surface area contributed by atoms with Gasteiger partial charge in [0.05, 0.1) is 20.2 Å². The van der Waals surface area contributed by atoms with Crippen LogP contribution in [0.3, 0.4) is 0 Å². The van der Waals surface area contributed by atoms with E-state index in [1.807, 2.05) is 71.8 Å². The van der Waals surface area contributed by atoms with Gasteiger partial charge in [-0.05, 0) is 48.2 Å². The van der Waals surface area contributed by atoms with Crippen LogP contribution in [-0.4, -0.2) is 60.1 Å². The molecular formula is C31H41N3O4. The highest BCUT2D eigenvalue weighted by atomic mass is 16.5. The Morgan fingerprint density at radius 1 is 0.842 bits per heavy atom. The Bertz CT molecular complexity index is 1130. The highest BCUT2D eigenvalue weighted by molar-refractivity contribution is 5.84. The maximum Gasteiger partial charge on any atom is 0.242 e. The zero-order valence-corrected chi connectivity index (χ0v) is 23.0. The molecule has 204 valence electrons. The van der Waals surface area contributed by atoms with Crippen LogP contribution in [0, 0.1) is 0 Å². The number of aromatic nitrogens is 1. The summed E-state index contributed by atoms with van der Waals surface area (Å²) in [4.78, 5) is 30.2. The molecule has 7 nitrogen and oxygen atoms in total. The number of benzene rings is 2. The van der Waals surface area contributed by atoms with Gasteiger partial charge in [0.1, 0.15) is 5.75 Å². The lowest BCUT2D eigenvalue weighted by Gasteiger charge is -2.28. The van der Waals surface area contributed by atoms with Gasteiger partial charge in [-0.25, -0.2) is 0 Å².